The number of benzene rings is 2. The maximum Gasteiger partial charge on any atom is 0.284 e. The van der Waals surface area contributed by atoms with Gasteiger partial charge in [-0.3, -0.25) is 14.9 Å². The minimum absolute atomic E-state index is 0.103. The third kappa shape index (κ3) is 5.70. The van der Waals surface area contributed by atoms with E-state index in [1.54, 1.807) is 18.2 Å². The molecule has 130 valence electrons. The Balaban J connectivity index is 1.91. The van der Waals surface area contributed by atoms with Crippen LogP contribution in [0.3, 0.4) is 0 Å². The van der Waals surface area contributed by atoms with Gasteiger partial charge in [0.05, 0.1) is 20.6 Å². The molecule has 1 amide bonds. The van der Waals surface area contributed by atoms with E-state index in [0.717, 1.165) is 0 Å². The number of carbonyl (C=O) groups excluding carboxylic acids is 1. The predicted octanol–water partition coefficient (Wildman–Crippen LogP) is 4.19. The van der Waals surface area contributed by atoms with Crippen LogP contribution in [0.25, 0.3) is 0 Å². The highest BCUT2D eigenvalue weighted by Crippen LogP contribution is 2.27. The molecule has 0 unspecified atom stereocenters. The van der Waals surface area contributed by atoms with Gasteiger partial charge < -0.3 is 4.74 Å². The number of nitrogens with one attached hydrogen (secondary N) is 1. The van der Waals surface area contributed by atoms with Crippen molar-refractivity contribution in [3.05, 3.63) is 66.6 Å². The van der Waals surface area contributed by atoms with Gasteiger partial charge in [0.15, 0.2) is 6.61 Å². The molecule has 0 fully saturated rings. The summed E-state index contributed by atoms with van der Waals surface area (Å²) in [5, 5.41) is 15.3. The molecule has 0 bridgehead atoms. The summed E-state index contributed by atoms with van der Waals surface area (Å²) in [5.74, 6) is -0.254. The first kappa shape index (κ1) is 19.2. The molecular weight excluding hydrogens is 437 g/mol. The van der Waals surface area contributed by atoms with Gasteiger partial charge in [0.1, 0.15) is 5.75 Å². The van der Waals surface area contributed by atoms with E-state index in [-0.39, 0.29) is 18.0 Å². The second-order valence-corrected chi connectivity index (χ2v) is 6.32. The first-order chi connectivity index (χ1) is 11.9. The molecule has 0 aliphatic rings. The Hall–Kier alpha value is -2.16. The van der Waals surface area contributed by atoms with Gasteiger partial charge in [-0.1, -0.05) is 29.3 Å². The van der Waals surface area contributed by atoms with Crippen molar-refractivity contribution in [2.24, 2.45) is 5.10 Å². The Morgan fingerprint density at radius 1 is 1.32 bits per heavy atom. The summed E-state index contributed by atoms with van der Waals surface area (Å²) in [5.41, 5.74) is 2.60. The fourth-order valence-corrected chi connectivity index (χ4v) is 2.42. The number of rotatable bonds is 6. The molecule has 2 aromatic rings. The van der Waals surface area contributed by atoms with Gasteiger partial charge in [-0.05, 0) is 34.1 Å². The first-order valence-corrected chi connectivity index (χ1v) is 8.25. The molecule has 0 aromatic heterocycles. The van der Waals surface area contributed by atoms with Gasteiger partial charge in [0, 0.05) is 22.7 Å². The zero-order chi connectivity index (χ0) is 18.4. The highest BCUT2D eigenvalue weighted by molar-refractivity contribution is 9.10. The largest absolute Gasteiger partial charge is 0.482 e. The molecule has 0 spiro atoms. The van der Waals surface area contributed by atoms with E-state index in [2.05, 4.69) is 26.5 Å². The van der Waals surface area contributed by atoms with Crippen LogP contribution in [-0.2, 0) is 4.79 Å². The van der Waals surface area contributed by atoms with Crippen LogP contribution < -0.4 is 10.2 Å². The second kappa shape index (κ2) is 8.80. The minimum atomic E-state index is -0.529. The van der Waals surface area contributed by atoms with Crippen molar-refractivity contribution >= 4 is 56.9 Å². The van der Waals surface area contributed by atoms with Crippen molar-refractivity contribution in [1.29, 1.82) is 0 Å². The van der Waals surface area contributed by atoms with Crippen LogP contribution in [0.4, 0.5) is 5.69 Å². The van der Waals surface area contributed by atoms with Crippen molar-refractivity contribution in [1.82, 2.24) is 5.43 Å². The second-order valence-electron chi connectivity index (χ2n) is 4.62. The van der Waals surface area contributed by atoms with E-state index in [1.807, 2.05) is 0 Å². The Bertz CT molecular complexity index is 846. The van der Waals surface area contributed by atoms with Gasteiger partial charge >= 0.3 is 0 Å². The van der Waals surface area contributed by atoms with Crippen LogP contribution in [0.2, 0.25) is 10.0 Å². The van der Waals surface area contributed by atoms with E-state index < -0.39 is 10.8 Å². The van der Waals surface area contributed by atoms with Crippen LogP contribution in [0.1, 0.15) is 5.56 Å². The van der Waals surface area contributed by atoms with Crippen molar-refractivity contribution in [3.8, 4) is 5.75 Å². The lowest BCUT2D eigenvalue weighted by Crippen LogP contribution is -2.24. The zero-order valence-electron chi connectivity index (χ0n) is 12.4. The molecule has 1 N–H and O–H groups in total. The summed E-state index contributed by atoms with van der Waals surface area (Å²) >= 11 is 14.8. The topological polar surface area (TPSA) is 93.8 Å². The highest BCUT2D eigenvalue weighted by Gasteiger charge is 2.11. The quantitative estimate of drug-likeness (QED) is 0.408. The first-order valence-electron chi connectivity index (χ1n) is 6.70. The summed E-state index contributed by atoms with van der Waals surface area (Å²) in [6.07, 6.45) is 1.28. The number of nitro benzene ring substituents is 1. The smallest absolute Gasteiger partial charge is 0.284 e. The average Bonchev–Trinajstić information content (AvgIpc) is 2.57. The standard InChI is InChI=1S/C15H10BrCl2N3O4/c16-11-3-1-9(5-13(11)21(23)24)7-19-20-15(22)8-25-14-6-10(17)2-4-12(14)18/h1-7H,8H2,(H,20,22). The third-order valence-electron chi connectivity index (χ3n) is 2.82. The Morgan fingerprint density at radius 2 is 2.08 bits per heavy atom. The van der Waals surface area contributed by atoms with Gasteiger partial charge in [0.2, 0.25) is 0 Å². The lowest BCUT2D eigenvalue weighted by molar-refractivity contribution is -0.385. The van der Waals surface area contributed by atoms with Crippen molar-refractivity contribution in [3.63, 3.8) is 0 Å². The van der Waals surface area contributed by atoms with Gasteiger partial charge in [0.25, 0.3) is 11.6 Å². The van der Waals surface area contributed by atoms with Crippen molar-refractivity contribution in [2.75, 3.05) is 6.61 Å². The minimum Gasteiger partial charge on any atom is -0.482 e. The van der Waals surface area contributed by atoms with Gasteiger partial charge in [-0.2, -0.15) is 5.10 Å². The summed E-state index contributed by atoms with van der Waals surface area (Å²) in [7, 11) is 0. The SMILES string of the molecule is O=C(COc1cc(Cl)ccc1Cl)NN=Cc1ccc(Br)c([N+](=O)[O-])c1. The van der Waals surface area contributed by atoms with E-state index >= 15 is 0 Å². The van der Waals surface area contributed by atoms with Crippen LogP contribution in [0, 0.1) is 10.1 Å². The van der Waals surface area contributed by atoms with Gasteiger partial charge in [-0.25, -0.2) is 5.43 Å². The predicted molar refractivity (Wildman–Crippen MR) is 98.5 cm³/mol. The monoisotopic (exact) mass is 445 g/mol. The molecule has 2 rings (SSSR count). The van der Waals surface area contributed by atoms with Crippen molar-refractivity contribution in [2.45, 2.75) is 0 Å². The molecule has 25 heavy (non-hydrogen) atoms. The summed E-state index contributed by atoms with van der Waals surface area (Å²) in [6, 6.07) is 9.08. The van der Waals surface area contributed by atoms with E-state index in [9.17, 15) is 14.9 Å². The number of nitro groups is 1. The van der Waals surface area contributed by atoms with Crippen LogP contribution >= 0.6 is 39.1 Å². The molecule has 0 saturated carbocycles. The Morgan fingerprint density at radius 3 is 2.80 bits per heavy atom. The molecule has 7 nitrogen and oxygen atoms in total. The number of amides is 1. The number of hydrogen-bond donors (Lipinski definition) is 1. The molecule has 0 atom stereocenters. The third-order valence-corrected chi connectivity index (χ3v) is 4.04. The number of nitrogens with zero attached hydrogens (tertiary/aromatic N) is 2. The fraction of sp³-hybridized carbons (Fsp3) is 0.0667. The fourth-order valence-electron chi connectivity index (χ4n) is 1.69. The summed E-state index contributed by atoms with van der Waals surface area (Å²) < 4.78 is 5.60. The van der Waals surface area contributed by atoms with Crippen LogP contribution in [0.15, 0.2) is 46.0 Å². The summed E-state index contributed by atoms with van der Waals surface area (Å²) in [6.45, 7) is -0.322. The molecular formula is C15H10BrCl2N3O4. The molecule has 0 aliphatic heterocycles. The van der Waals surface area contributed by atoms with E-state index in [1.165, 1.54) is 24.4 Å². The lowest BCUT2D eigenvalue weighted by atomic mass is 10.2. The van der Waals surface area contributed by atoms with Crippen LogP contribution in [0.5, 0.6) is 5.75 Å². The highest BCUT2D eigenvalue weighted by atomic mass is 79.9. The molecule has 10 heteroatoms. The zero-order valence-corrected chi connectivity index (χ0v) is 15.5. The van der Waals surface area contributed by atoms with Gasteiger partial charge in [-0.15, -0.1) is 0 Å². The van der Waals surface area contributed by atoms with Crippen LogP contribution in [-0.4, -0.2) is 23.7 Å². The van der Waals surface area contributed by atoms with E-state index in [0.29, 0.717) is 20.1 Å². The normalized spacial score (nSPS) is 10.7. The number of carbonyl (C=O) groups is 1. The maximum atomic E-state index is 11.7. The number of ether oxygens (including phenoxy) is 1. The van der Waals surface area contributed by atoms with E-state index in [4.69, 9.17) is 27.9 Å². The van der Waals surface area contributed by atoms with Crippen molar-refractivity contribution < 1.29 is 14.5 Å². The Labute approximate surface area is 160 Å². The number of hydrazone groups is 1. The lowest BCUT2D eigenvalue weighted by Gasteiger charge is -2.07. The summed E-state index contributed by atoms with van der Waals surface area (Å²) in [4.78, 5) is 22.0. The number of halogens is 3. The molecule has 0 saturated heterocycles. The molecule has 0 radical (unpaired) electrons. The average molecular weight is 447 g/mol. The Kier molecular flexibility index (Phi) is 6.74. The molecule has 2 aromatic carbocycles. The molecule has 0 heterocycles. The number of hydrogen-bond acceptors (Lipinski definition) is 5. The maximum absolute atomic E-state index is 11.7. The molecule has 0 aliphatic carbocycles.